The first-order valence-electron chi connectivity index (χ1n) is 9.55. The molecule has 0 radical (unpaired) electrons. The van der Waals surface area contributed by atoms with Crippen LogP contribution in [0.25, 0.3) is 0 Å². The highest BCUT2D eigenvalue weighted by Crippen LogP contribution is 2.28. The fourth-order valence-corrected chi connectivity index (χ4v) is 3.73. The molecule has 0 spiro atoms. The summed E-state index contributed by atoms with van der Waals surface area (Å²) < 4.78 is 10.3. The molecule has 3 heterocycles. The summed E-state index contributed by atoms with van der Waals surface area (Å²) in [5.41, 5.74) is 0. The van der Waals surface area contributed by atoms with Crippen molar-refractivity contribution in [2.45, 2.75) is 45.2 Å². The number of cyclic esters (lactones) is 1. The first-order valence-corrected chi connectivity index (χ1v) is 9.55. The third kappa shape index (κ3) is 4.26. The summed E-state index contributed by atoms with van der Waals surface area (Å²) in [6, 6.07) is 3.38. The second-order valence-corrected chi connectivity index (χ2v) is 7.21. The lowest BCUT2D eigenvalue weighted by molar-refractivity contribution is -0.131. The smallest absolute Gasteiger partial charge is 0.410 e. The van der Waals surface area contributed by atoms with Gasteiger partial charge in [-0.3, -0.25) is 14.5 Å². The van der Waals surface area contributed by atoms with Crippen molar-refractivity contribution >= 4 is 17.9 Å². The van der Waals surface area contributed by atoms with E-state index in [1.165, 1.54) is 6.26 Å². The maximum Gasteiger partial charge on any atom is 0.410 e. The molecule has 2 saturated heterocycles. The first-order chi connectivity index (χ1) is 13.0. The van der Waals surface area contributed by atoms with Crippen LogP contribution >= 0.6 is 0 Å². The van der Waals surface area contributed by atoms with Crippen LogP contribution in [0.5, 0.6) is 0 Å². The normalized spacial score (nSPS) is 21.9. The standard InChI is InChI=1S/C19H27N3O5/c1-3-13(2)15-12-27-19(25)22(15)14-6-8-21(9-7-14)17(23)11-20-18(24)16-5-4-10-26-16/h4-5,10,13-15H,3,6-9,11-12H2,1-2H3,(H,20,24)/t13-,15-/m0/s1. The highest BCUT2D eigenvalue weighted by molar-refractivity contribution is 5.94. The SMILES string of the molecule is CC[C@H](C)[C@@H]1COC(=O)N1C1CCN(C(=O)CNC(=O)c2ccco2)CC1. The van der Waals surface area contributed by atoms with Gasteiger partial charge in [0, 0.05) is 19.1 Å². The van der Waals surface area contributed by atoms with Gasteiger partial charge in [0.2, 0.25) is 5.91 Å². The number of rotatable bonds is 6. The minimum atomic E-state index is -0.403. The summed E-state index contributed by atoms with van der Waals surface area (Å²) in [6.07, 6.45) is 3.61. The number of furan rings is 1. The largest absolute Gasteiger partial charge is 0.459 e. The highest BCUT2D eigenvalue weighted by Gasteiger charge is 2.41. The monoisotopic (exact) mass is 377 g/mol. The predicted molar refractivity (Wildman–Crippen MR) is 97.1 cm³/mol. The molecule has 1 N–H and O–H groups in total. The fourth-order valence-electron chi connectivity index (χ4n) is 3.73. The lowest BCUT2D eigenvalue weighted by atomic mass is 9.95. The molecule has 2 fully saturated rings. The van der Waals surface area contributed by atoms with Gasteiger partial charge in [-0.25, -0.2) is 4.79 Å². The van der Waals surface area contributed by atoms with E-state index in [2.05, 4.69) is 19.2 Å². The van der Waals surface area contributed by atoms with Gasteiger partial charge in [0.15, 0.2) is 5.76 Å². The van der Waals surface area contributed by atoms with E-state index in [-0.39, 0.29) is 36.4 Å². The molecular weight excluding hydrogens is 350 g/mol. The molecule has 8 heteroatoms. The van der Waals surface area contributed by atoms with Crippen molar-refractivity contribution in [2.24, 2.45) is 5.92 Å². The van der Waals surface area contributed by atoms with Crippen molar-refractivity contribution in [1.82, 2.24) is 15.1 Å². The van der Waals surface area contributed by atoms with Gasteiger partial charge >= 0.3 is 6.09 Å². The van der Waals surface area contributed by atoms with Crippen molar-refractivity contribution in [1.29, 1.82) is 0 Å². The minimum absolute atomic E-state index is 0.0640. The highest BCUT2D eigenvalue weighted by atomic mass is 16.6. The Morgan fingerprint density at radius 3 is 2.70 bits per heavy atom. The lowest BCUT2D eigenvalue weighted by Gasteiger charge is -2.39. The number of hydrogen-bond donors (Lipinski definition) is 1. The first kappa shape index (κ1) is 19.3. The molecule has 0 unspecified atom stereocenters. The van der Waals surface area contributed by atoms with Crippen LogP contribution in [0.1, 0.15) is 43.7 Å². The minimum Gasteiger partial charge on any atom is -0.459 e. The number of carbonyl (C=O) groups is 3. The molecular formula is C19H27N3O5. The maximum atomic E-state index is 12.4. The summed E-state index contributed by atoms with van der Waals surface area (Å²) in [5.74, 6) is 0.0355. The van der Waals surface area contributed by atoms with Crippen molar-refractivity contribution in [3.05, 3.63) is 24.2 Å². The molecule has 2 atom stereocenters. The summed E-state index contributed by atoms with van der Waals surface area (Å²) in [7, 11) is 0. The van der Waals surface area contributed by atoms with Crippen molar-refractivity contribution in [3.63, 3.8) is 0 Å². The summed E-state index contributed by atoms with van der Waals surface area (Å²) in [6.45, 7) is 5.77. The zero-order chi connectivity index (χ0) is 19.4. The zero-order valence-corrected chi connectivity index (χ0v) is 15.8. The van der Waals surface area contributed by atoms with Crippen LogP contribution in [-0.2, 0) is 9.53 Å². The Morgan fingerprint density at radius 2 is 2.07 bits per heavy atom. The van der Waals surface area contributed by atoms with E-state index in [4.69, 9.17) is 9.15 Å². The van der Waals surface area contributed by atoms with Gasteiger partial charge in [-0.2, -0.15) is 0 Å². The topological polar surface area (TPSA) is 92.1 Å². The van der Waals surface area contributed by atoms with Gasteiger partial charge < -0.3 is 19.4 Å². The van der Waals surface area contributed by atoms with Crippen molar-refractivity contribution in [2.75, 3.05) is 26.2 Å². The van der Waals surface area contributed by atoms with E-state index in [0.29, 0.717) is 25.6 Å². The van der Waals surface area contributed by atoms with E-state index in [1.807, 2.05) is 4.90 Å². The molecule has 0 aliphatic carbocycles. The lowest BCUT2D eigenvalue weighted by Crippen LogP contribution is -2.52. The van der Waals surface area contributed by atoms with Crippen LogP contribution < -0.4 is 5.32 Å². The number of nitrogens with zero attached hydrogens (tertiary/aromatic N) is 2. The maximum absolute atomic E-state index is 12.4. The van der Waals surface area contributed by atoms with Crippen LogP contribution in [0.3, 0.4) is 0 Å². The van der Waals surface area contributed by atoms with E-state index in [1.54, 1.807) is 17.0 Å². The number of nitrogens with one attached hydrogen (secondary N) is 1. The van der Waals surface area contributed by atoms with Crippen LogP contribution in [0.4, 0.5) is 4.79 Å². The van der Waals surface area contributed by atoms with Crippen LogP contribution in [0.2, 0.25) is 0 Å². The number of hydrogen-bond acceptors (Lipinski definition) is 5. The number of piperidine rings is 1. The van der Waals surface area contributed by atoms with Gasteiger partial charge in [-0.15, -0.1) is 0 Å². The Bertz CT molecular complexity index is 667. The molecule has 3 amide bonds. The second kappa shape index (κ2) is 8.45. The quantitative estimate of drug-likeness (QED) is 0.817. The van der Waals surface area contributed by atoms with Crippen LogP contribution in [0, 0.1) is 5.92 Å². The molecule has 1 aromatic rings. The van der Waals surface area contributed by atoms with Crippen molar-refractivity contribution < 1.29 is 23.5 Å². The summed E-state index contributed by atoms with van der Waals surface area (Å²) in [4.78, 5) is 40.0. The third-order valence-corrected chi connectivity index (χ3v) is 5.60. The second-order valence-electron chi connectivity index (χ2n) is 7.21. The van der Waals surface area contributed by atoms with Gasteiger partial charge in [0.05, 0.1) is 18.8 Å². The van der Waals surface area contributed by atoms with Crippen LogP contribution in [-0.4, -0.2) is 66.0 Å². The fraction of sp³-hybridized carbons (Fsp3) is 0.632. The van der Waals surface area contributed by atoms with Gasteiger partial charge in [0.25, 0.3) is 5.91 Å². The molecule has 0 aromatic carbocycles. The average Bonchev–Trinajstić information content (AvgIpc) is 3.35. The Kier molecular flexibility index (Phi) is 6.03. The van der Waals surface area contributed by atoms with Gasteiger partial charge in [-0.05, 0) is 30.9 Å². The summed E-state index contributed by atoms with van der Waals surface area (Å²) >= 11 is 0. The molecule has 1 aromatic heterocycles. The Morgan fingerprint density at radius 1 is 1.33 bits per heavy atom. The van der Waals surface area contributed by atoms with E-state index < -0.39 is 5.91 Å². The molecule has 8 nitrogen and oxygen atoms in total. The van der Waals surface area contributed by atoms with Crippen LogP contribution in [0.15, 0.2) is 22.8 Å². The third-order valence-electron chi connectivity index (χ3n) is 5.60. The number of ether oxygens (including phenoxy) is 1. The summed E-state index contributed by atoms with van der Waals surface area (Å²) in [5, 5.41) is 2.58. The van der Waals surface area contributed by atoms with Crippen molar-refractivity contribution in [3.8, 4) is 0 Å². The van der Waals surface area contributed by atoms with Gasteiger partial charge in [-0.1, -0.05) is 20.3 Å². The number of carbonyl (C=O) groups excluding carboxylic acids is 3. The molecule has 2 aliphatic heterocycles. The van der Waals surface area contributed by atoms with E-state index in [0.717, 1.165) is 19.3 Å². The molecule has 3 rings (SSSR count). The Hall–Kier alpha value is -2.51. The Balaban J connectivity index is 1.48. The Labute approximate surface area is 158 Å². The molecule has 27 heavy (non-hydrogen) atoms. The molecule has 2 aliphatic rings. The molecule has 0 bridgehead atoms. The molecule has 148 valence electrons. The predicted octanol–water partition coefficient (Wildman–Crippen LogP) is 1.87. The molecule has 0 saturated carbocycles. The average molecular weight is 377 g/mol. The zero-order valence-electron chi connectivity index (χ0n) is 15.8. The van der Waals surface area contributed by atoms with Gasteiger partial charge in [0.1, 0.15) is 6.61 Å². The van der Waals surface area contributed by atoms with E-state index in [9.17, 15) is 14.4 Å². The van der Waals surface area contributed by atoms with E-state index >= 15 is 0 Å². The number of likely N-dealkylation sites (tertiary alicyclic amines) is 1. The number of amides is 3.